The van der Waals surface area contributed by atoms with E-state index >= 15 is 0 Å². The van der Waals surface area contributed by atoms with Gasteiger partial charge in [0, 0.05) is 19.7 Å². The van der Waals surface area contributed by atoms with Crippen molar-refractivity contribution in [2.24, 2.45) is 0 Å². The predicted octanol–water partition coefficient (Wildman–Crippen LogP) is 4.55. The third-order valence-electron chi connectivity index (χ3n) is 4.33. The van der Waals surface area contributed by atoms with Gasteiger partial charge < -0.3 is 15.4 Å². The molecule has 1 saturated heterocycles. The van der Waals surface area contributed by atoms with Gasteiger partial charge in [0.25, 0.3) is 0 Å². The maximum absolute atomic E-state index is 5.56. The fraction of sp³-hybridized carbons (Fsp3) is 0.944. The average Bonchev–Trinajstić information content (AvgIpc) is 3.04. The molecule has 0 radical (unpaired) electrons. The van der Waals surface area contributed by atoms with Crippen LogP contribution in [0.4, 0.5) is 0 Å². The van der Waals surface area contributed by atoms with Crippen molar-refractivity contribution in [3.8, 4) is 0 Å². The predicted molar refractivity (Wildman–Crippen MR) is 99.4 cm³/mol. The van der Waals surface area contributed by atoms with Crippen LogP contribution >= 0.6 is 12.2 Å². The molecule has 0 saturated carbocycles. The molecule has 0 aromatic heterocycles. The van der Waals surface area contributed by atoms with E-state index < -0.39 is 0 Å². The lowest BCUT2D eigenvalue weighted by molar-refractivity contribution is 0.114. The highest BCUT2D eigenvalue weighted by Gasteiger charge is 2.14. The number of unbranched alkanes of at least 4 members (excludes halogenated alkanes) is 9. The molecule has 1 aliphatic rings. The topological polar surface area (TPSA) is 33.3 Å². The fourth-order valence-corrected chi connectivity index (χ4v) is 3.07. The molecule has 1 fully saturated rings. The molecule has 0 aromatic carbocycles. The average molecular weight is 329 g/mol. The Morgan fingerprint density at radius 3 is 2.18 bits per heavy atom. The van der Waals surface area contributed by atoms with E-state index in [1.807, 2.05) is 0 Å². The van der Waals surface area contributed by atoms with Crippen molar-refractivity contribution in [3.05, 3.63) is 0 Å². The molecule has 22 heavy (non-hydrogen) atoms. The quantitative estimate of drug-likeness (QED) is 0.384. The Morgan fingerprint density at radius 1 is 0.955 bits per heavy atom. The molecule has 0 amide bonds. The smallest absolute Gasteiger partial charge is 0.166 e. The summed E-state index contributed by atoms with van der Waals surface area (Å²) in [6.45, 7) is 5.03. The van der Waals surface area contributed by atoms with Gasteiger partial charge in [-0.1, -0.05) is 64.7 Å². The zero-order valence-electron chi connectivity index (χ0n) is 14.5. The lowest BCUT2D eigenvalue weighted by atomic mass is 10.1. The van der Waals surface area contributed by atoms with Crippen molar-refractivity contribution in [1.82, 2.24) is 10.6 Å². The molecular formula is C18H36N2OS. The first-order valence-corrected chi connectivity index (χ1v) is 9.87. The van der Waals surface area contributed by atoms with Gasteiger partial charge in [-0.3, -0.25) is 0 Å². The summed E-state index contributed by atoms with van der Waals surface area (Å²) in [5.74, 6) is 0. The van der Waals surface area contributed by atoms with Crippen LogP contribution in [0.15, 0.2) is 0 Å². The second-order valence-corrected chi connectivity index (χ2v) is 6.86. The molecular weight excluding hydrogens is 292 g/mol. The molecule has 1 aliphatic heterocycles. The van der Waals surface area contributed by atoms with Gasteiger partial charge in [-0.25, -0.2) is 0 Å². The van der Waals surface area contributed by atoms with Crippen LogP contribution in [0.2, 0.25) is 0 Å². The third kappa shape index (κ3) is 11.2. The number of hydrogen-bond donors (Lipinski definition) is 2. The Kier molecular flexibility index (Phi) is 12.8. The van der Waals surface area contributed by atoms with Gasteiger partial charge in [-0.2, -0.15) is 0 Å². The minimum absolute atomic E-state index is 0.358. The first kappa shape index (κ1) is 19.7. The molecule has 0 bridgehead atoms. The van der Waals surface area contributed by atoms with E-state index in [-0.39, 0.29) is 0 Å². The van der Waals surface area contributed by atoms with E-state index in [1.165, 1.54) is 70.6 Å². The molecule has 1 unspecified atom stereocenters. The van der Waals surface area contributed by atoms with E-state index in [4.69, 9.17) is 17.0 Å². The zero-order valence-corrected chi connectivity index (χ0v) is 15.3. The molecule has 0 aromatic rings. The van der Waals surface area contributed by atoms with Gasteiger partial charge >= 0.3 is 0 Å². The van der Waals surface area contributed by atoms with Gasteiger partial charge in [0.2, 0.25) is 0 Å². The molecule has 0 spiro atoms. The zero-order chi connectivity index (χ0) is 15.9. The molecule has 0 aliphatic carbocycles. The van der Waals surface area contributed by atoms with E-state index in [0.29, 0.717) is 6.10 Å². The molecule has 130 valence electrons. The van der Waals surface area contributed by atoms with Crippen LogP contribution in [0.1, 0.15) is 84.0 Å². The first-order chi connectivity index (χ1) is 10.8. The first-order valence-electron chi connectivity index (χ1n) is 9.46. The minimum atomic E-state index is 0.358. The van der Waals surface area contributed by atoms with Crippen molar-refractivity contribution in [3.63, 3.8) is 0 Å². The summed E-state index contributed by atoms with van der Waals surface area (Å²) in [7, 11) is 0. The third-order valence-corrected chi connectivity index (χ3v) is 4.62. The van der Waals surface area contributed by atoms with Crippen LogP contribution in [0, 0.1) is 0 Å². The SMILES string of the molecule is CCCCCCCCCCCCNC(=S)NCC1CCCO1. The highest BCUT2D eigenvalue weighted by atomic mass is 32.1. The second-order valence-electron chi connectivity index (χ2n) is 6.45. The van der Waals surface area contributed by atoms with Gasteiger partial charge in [0.15, 0.2) is 5.11 Å². The molecule has 3 nitrogen and oxygen atoms in total. The Morgan fingerprint density at radius 2 is 1.59 bits per heavy atom. The number of hydrogen-bond acceptors (Lipinski definition) is 2. The van der Waals surface area contributed by atoms with Gasteiger partial charge in [-0.05, 0) is 31.5 Å². The number of rotatable bonds is 13. The van der Waals surface area contributed by atoms with Crippen LogP contribution < -0.4 is 10.6 Å². The van der Waals surface area contributed by atoms with Crippen molar-refractivity contribution in [2.45, 2.75) is 90.1 Å². The van der Waals surface area contributed by atoms with Gasteiger partial charge in [-0.15, -0.1) is 0 Å². The van der Waals surface area contributed by atoms with Crippen molar-refractivity contribution < 1.29 is 4.74 Å². The van der Waals surface area contributed by atoms with Crippen LogP contribution in [-0.4, -0.2) is 30.9 Å². The molecule has 1 atom stereocenters. The largest absolute Gasteiger partial charge is 0.376 e. The minimum Gasteiger partial charge on any atom is -0.376 e. The normalized spacial score (nSPS) is 17.6. The highest BCUT2D eigenvalue weighted by molar-refractivity contribution is 7.80. The standard InChI is InChI=1S/C18H36N2OS/c1-2-3-4-5-6-7-8-9-10-11-14-19-18(22)20-16-17-13-12-15-21-17/h17H,2-16H2,1H3,(H2,19,20,22). The van der Waals surface area contributed by atoms with Gasteiger partial charge in [0.1, 0.15) is 0 Å². The summed E-state index contributed by atoms with van der Waals surface area (Å²) in [6.07, 6.45) is 16.5. The van der Waals surface area contributed by atoms with E-state index in [2.05, 4.69) is 17.6 Å². The fourth-order valence-electron chi connectivity index (χ4n) is 2.89. The van der Waals surface area contributed by atoms with E-state index in [0.717, 1.165) is 31.2 Å². The monoisotopic (exact) mass is 328 g/mol. The lowest BCUT2D eigenvalue weighted by Crippen LogP contribution is -2.39. The summed E-state index contributed by atoms with van der Waals surface area (Å²) in [5.41, 5.74) is 0. The Hall–Kier alpha value is -0.350. The Labute approximate surface area is 143 Å². The molecule has 1 rings (SSSR count). The Bertz CT molecular complexity index is 268. The lowest BCUT2D eigenvalue weighted by Gasteiger charge is -2.13. The second kappa shape index (κ2) is 14.3. The summed E-state index contributed by atoms with van der Waals surface area (Å²) in [4.78, 5) is 0. The number of thiocarbonyl (C=S) groups is 1. The molecule has 4 heteroatoms. The van der Waals surface area contributed by atoms with E-state index in [9.17, 15) is 0 Å². The molecule has 1 heterocycles. The maximum atomic E-state index is 5.56. The maximum Gasteiger partial charge on any atom is 0.166 e. The van der Waals surface area contributed by atoms with Crippen LogP contribution in [0.5, 0.6) is 0 Å². The van der Waals surface area contributed by atoms with Gasteiger partial charge in [0.05, 0.1) is 6.10 Å². The summed E-state index contributed by atoms with van der Waals surface area (Å²) >= 11 is 5.28. The summed E-state index contributed by atoms with van der Waals surface area (Å²) in [5, 5.41) is 7.34. The van der Waals surface area contributed by atoms with Crippen molar-refractivity contribution in [1.29, 1.82) is 0 Å². The number of ether oxygens (including phenoxy) is 1. The van der Waals surface area contributed by atoms with Crippen LogP contribution in [0.3, 0.4) is 0 Å². The summed E-state index contributed by atoms with van der Waals surface area (Å²) in [6, 6.07) is 0. The van der Waals surface area contributed by atoms with Crippen molar-refractivity contribution in [2.75, 3.05) is 19.7 Å². The highest BCUT2D eigenvalue weighted by Crippen LogP contribution is 2.11. The summed E-state index contributed by atoms with van der Waals surface area (Å²) < 4.78 is 5.56. The van der Waals surface area contributed by atoms with Crippen LogP contribution in [0.25, 0.3) is 0 Å². The van der Waals surface area contributed by atoms with Crippen molar-refractivity contribution >= 4 is 17.3 Å². The van der Waals surface area contributed by atoms with Crippen LogP contribution in [-0.2, 0) is 4.74 Å². The number of nitrogens with one attached hydrogen (secondary N) is 2. The molecule has 2 N–H and O–H groups in total. The Balaban J connectivity index is 1.76. The van der Waals surface area contributed by atoms with E-state index in [1.54, 1.807) is 0 Å².